The van der Waals surface area contributed by atoms with Gasteiger partial charge in [0.1, 0.15) is 0 Å². The largest absolute Gasteiger partial charge is 2.00 e. The Morgan fingerprint density at radius 3 is 1.44 bits per heavy atom. The maximum Gasteiger partial charge on any atom is 2.00 e. The number of carbonyl (C=O) groups is 2. The Labute approximate surface area is 91.3 Å². The van der Waals surface area contributed by atoms with Gasteiger partial charge in [0.25, 0.3) is 0 Å². The molecule has 0 aliphatic rings. The Kier molecular flexibility index (Phi) is 8.72. The van der Waals surface area contributed by atoms with Crippen LogP contribution >= 0.6 is 0 Å². The molecule has 9 heavy (non-hydrogen) atoms. The molecule has 0 atom stereocenters. The minimum Gasteiger partial charge on any atom is -1.00 e. The molecule has 0 radical (unpaired) electrons. The van der Waals surface area contributed by atoms with Gasteiger partial charge in [-0.2, -0.15) is 0 Å². The first kappa shape index (κ1) is 12.1. The van der Waals surface area contributed by atoms with Gasteiger partial charge in [-0.05, 0) is 0 Å². The molecular formula is C2H2BaF2O4. The number of halogens is 2. The predicted molar refractivity (Wildman–Crippen MR) is 22.4 cm³/mol. The Hall–Kier alpha value is 0.371. The fraction of sp³-hybridized carbons (Fsp3) is 0. The minimum absolute atomic E-state index is 0. The average molecular weight is 265 g/mol. The van der Waals surface area contributed by atoms with Crippen LogP contribution in [0.2, 0.25) is 0 Å². The zero-order chi connectivity index (χ0) is 6.57. The first-order chi connectivity index (χ1) is 3.72. The summed E-state index contributed by atoms with van der Waals surface area (Å²) >= 11 is 0. The topological polar surface area (TPSA) is 52.6 Å². The summed E-state index contributed by atoms with van der Waals surface area (Å²) in [6.45, 7) is 0. The normalized spacial score (nSPS) is 6.89. The first-order valence-electron chi connectivity index (χ1n) is 1.38. The van der Waals surface area contributed by atoms with Crippen molar-refractivity contribution in [2.24, 2.45) is 0 Å². The molecule has 0 heterocycles. The van der Waals surface area contributed by atoms with Crippen LogP contribution in [0.5, 0.6) is 0 Å². The van der Waals surface area contributed by atoms with Crippen LogP contribution in [0.15, 0.2) is 0 Å². The van der Waals surface area contributed by atoms with Gasteiger partial charge in [0.15, 0.2) is 0 Å². The average Bonchev–Trinajstić information content (AvgIpc) is 1.84. The van der Waals surface area contributed by atoms with Crippen molar-refractivity contribution >= 4 is 60.8 Å². The van der Waals surface area contributed by atoms with Crippen LogP contribution in [0.1, 0.15) is 2.85 Å². The summed E-state index contributed by atoms with van der Waals surface area (Å²) < 4.78 is 21.0. The number of rotatable bonds is 0. The van der Waals surface area contributed by atoms with Gasteiger partial charge in [-0.15, -0.1) is 0 Å². The van der Waals surface area contributed by atoms with E-state index in [0.29, 0.717) is 0 Å². The van der Waals surface area contributed by atoms with E-state index in [2.05, 4.69) is 9.88 Å². The third-order valence-electron chi connectivity index (χ3n) is 0.307. The number of hydrogen-bond acceptors (Lipinski definition) is 4. The second kappa shape index (κ2) is 6.49. The van der Waals surface area contributed by atoms with Gasteiger partial charge >= 0.3 is 60.8 Å². The quantitative estimate of drug-likeness (QED) is 0.445. The van der Waals surface area contributed by atoms with Gasteiger partial charge < -0.3 is 2.85 Å². The second-order valence-electron chi connectivity index (χ2n) is 0.729. The van der Waals surface area contributed by atoms with E-state index in [1.54, 1.807) is 0 Å². The SMILES string of the molecule is O=C(OF)C(=O)OF.[Ba+2].[H-].[H-]. The molecule has 0 aromatic carbocycles. The molecule has 0 aromatic heterocycles. The summed E-state index contributed by atoms with van der Waals surface area (Å²) in [4.78, 5) is 23.4. The van der Waals surface area contributed by atoms with Gasteiger partial charge in [0.05, 0.1) is 0 Å². The molecule has 7 heteroatoms. The van der Waals surface area contributed by atoms with E-state index in [9.17, 15) is 18.6 Å². The van der Waals surface area contributed by atoms with Gasteiger partial charge in [0, 0.05) is 9.05 Å². The fourth-order valence-corrected chi connectivity index (χ4v) is 0.0630. The van der Waals surface area contributed by atoms with Gasteiger partial charge in [-0.1, -0.05) is 0 Å². The predicted octanol–water partition coefficient (Wildman–Crippen LogP) is -0.314. The zero-order valence-corrected chi connectivity index (χ0v) is 8.54. The standard InChI is InChI=1S/C2F2O4.Ba.2H/c3-7-1(5)2(6)8-4;;;/q;+2;2*-1. The molecule has 0 fully saturated rings. The monoisotopic (exact) mass is 266 g/mol. The molecular weight excluding hydrogens is 263 g/mol. The summed E-state index contributed by atoms with van der Waals surface area (Å²) in [6.07, 6.45) is 0. The van der Waals surface area contributed by atoms with Crippen molar-refractivity contribution in [3.8, 4) is 0 Å². The van der Waals surface area contributed by atoms with Crippen molar-refractivity contribution < 1.29 is 31.4 Å². The molecule has 0 spiro atoms. The zero-order valence-electron chi connectivity index (χ0n) is 6.10. The molecule has 0 rings (SSSR count). The van der Waals surface area contributed by atoms with E-state index in [1.807, 2.05) is 0 Å². The van der Waals surface area contributed by atoms with Crippen molar-refractivity contribution in [3.05, 3.63) is 0 Å². The molecule has 0 saturated heterocycles. The fourth-order valence-electron chi connectivity index (χ4n) is 0.0630. The number of hydrogen-bond donors (Lipinski definition) is 0. The molecule has 50 valence electrons. The molecule has 4 nitrogen and oxygen atoms in total. The molecule has 0 unspecified atom stereocenters. The van der Waals surface area contributed by atoms with Crippen LogP contribution in [0, 0.1) is 0 Å². The third-order valence-corrected chi connectivity index (χ3v) is 0.307. The van der Waals surface area contributed by atoms with Crippen LogP contribution < -0.4 is 0 Å². The molecule has 0 N–H and O–H groups in total. The Balaban J connectivity index is -0.0000000817. The summed E-state index contributed by atoms with van der Waals surface area (Å²) in [5, 5.41) is 0. The molecule has 0 aliphatic carbocycles. The van der Waals surface area contributed by atoms with E-state index in [-0.39, 0.29) is 51.7 Å². The van der Waals surface area contributed by atoms with Crippen LogP contribution in [0.4, 0.5) is 9.05 Å². The van der Waals surface area contributed by atoms with Crippen molar-refractivity contribution in [1.29, 1.82) is 0 Å². The summed E-state index contributed by atoms with van der Waals surface area (Å²) in [7, 11) is 0. The van der Waals surface area contributed by atoms with E-state index in [1.165, 1.54) is 0 Å². The van der Waals surface area contributed by atoms with Crippen LogP contribution in [0.25, 0.3) is 0 Å². The van der Waals surface area contributed by atoms with E-state index >= 15 is 0 Å². The van der Waals surface area contributed by atoms with Gasteiger partial charge in [-0.25, -0.2) is 19.5 Å². The Morgan fingerprint density at radius 2 is 1.33 bits per heavy atom. The van der Waals surface area contributed by atoms with E-state index in [4.69, 9.17) is 0 Å². The third kappa shape index (κ3) is 4.85. The Morgan fingerprint density at radius 1 is 1.11 bits per heavy atom. The molecule has 0 saturated carbocycles. The number of carbonyl (C=O) groups excluding carboxylic acids is 2. The van der Waals surface area contributed by atoms with E-state index in [0.717, 1.165) is 0 Å². The van der Waals surface area contributed by atoms with E-state index < -0.39 is 11.9 Å². The smallest absolute Gasteiger partial charge is 1.00 e. The molecule has 0 bridgehead atoms. The molecule has 0 aliphatic heterocycles. The Bertz CT molecular complexity index is 109. The molecule has 0 aromatic rings. The summed E-state index contributed by atoms with van der Waals surface area (Å²) in [6, 6.07) is 0. The molecule has 0 amide bonds. The van der Waals surface area contributed by atoms with Crippen molar-refractivity contribution in [1.82, 2.24) is 0 Å². The maximum atomic E-state index is 10.5. The van der Waals surface area contributed by atoms with Gasteiger partial charge in [-0.3, -0.25) is 0 Å². The van der Waals surface area contributed by atoms with Crippen molar-refractivity contribution in [3.63, 3.8) is 0 Å². The summed E-state index contributed by atoms with van der Waals surface area (Å²) in [5.74, 6) is -4.04. The van der Waals surface area contributed by atoms with Gasteiger partial charge in [0.2, 0.25) is 0 Å². The van der Waals surface area contributed by atoms with Crippen molar-refractivity contribution in [2.45, 2.75) is 0 Å². The van der Waals surface area contributed by atoms with Crippen LogP contribution in [-0.4, -0.2) is 60.8 Å². The summed E-state index contributed by atoms with van der Waals surface area (Å²) in [5.41, 5.74) is 0. The minimum atomic E-state index is -2.02. The van der Waals surface area contributed by atoms with Crippen LogP contribution in [0.3, 0.4) is 0 Å². The van der Waals surface area contributed by atoms with Crippen molar-refractivity contribution in [2.75, 3.05) is 0 Å². The second-order valence-corrected chi connectivity index (χ2v) is 0.729. The first-order valence-corrected chi connectivity index (χ1v) is 1.38. The maximum absolute atomic E-state index is 10.5. The van der Waals surface area contributed by atoms with Crippen LogP contribution in [-0.2, 0) is 19.5 Å².